The first-order valence-electron chi connectivity index (χ1n) is 33.2. The highest BCUT2D eigenvalue weighted by Crippen LogP contribution is 2.33. The molecule has 0 bridgehead atoms. The smallest absolute Gasteiger partial charge is 0.242 e. The summed E-state index contributed by atoms with van der Waals surface area (Å²) in [5, 5.41) is 7.78. The van der Waals surface area contributed by atoms with Crippen LogP contribution in [0.3, 0.4) is 0 Å². The van der Waals surface area contributed by atoms with Crippen molar-refractivity contribution in [3.05, 3.63) is 71.7 Å². The molecule has 1 atom stereocenters. The van der Waals surface area contributed by atoms with E-state index < -0.39 is 18.8 Å². The van der Waals surface area contributed by atoms with E-state index in [9.17, 15) is 14.4 Å². The number of carbonyl (C=O) groups is 3. The van der Waals surface area contributed by atoms with Crippen molar-refractivity contribution in [1.29, 1.82) is 0 Å². The minimum atomic E-state index is -2.73. The molecule has 3 amide bonds. The second kappa shape index (κ2) is 31.4. The first kappa shape index (κ1) is 60.6. The monoisotopic (exact) mass is 1240 g/mol. The number of pyridine rings is 3. The third kappa shape index (κ3) is 17.3. The van der Waals surface area contributed by atoms with Crippen LogP contribution in [0.1, 0.15) is 92.4 Å². The van der Waals surface area contributed by atoms with Crippen LogP contribution < -0.4 is 56.8 Å². The number of nitrogens with zero attached hydrogens (tertiary/aromatic N) is 15. The van der Waals surface area contributed by atoms with Crippen LogP contribution in [-0.4, -0.2) is 193 Å². The molecular weight excluding hydrogens is 1140 g/mol. The molecule has 0 radical (unpaired) electrons. The van der Waals surface area contributed by atoms with Gasteiger partial charge in [0.25, 0.3) is 0 Å². The van der Waals surface area contributed by atoms with Gasteiger partial charge in [-0.1, -0.05) is 0 Å². The lowest BCUT2D eigenvalue weighted by atomic mass is 10.1. The van der Waals surface area contributed by atoms with E-state index in [0.717, 1.165) is 160 Å². The van der Waals surface area contributed by atoms with Gasteiger partial charge < -0.3 is 71.0 Å². The normalized spacial score (nSPS) is 18.1. The van der Waals surface area contributed by atoms with Gasteiger partial charge in [-0.3, -0.25) is 14.4 Å². The molecule has 6 aliphatic rings. The largest absolute Gasteiger partial charge is 0.378 e. The van der Waals surface area contributed by atoms with Crippen molar-refractivity contribution >= 4 is 70.1 Å². The molecule has 26 nitrogen and oxygen atoms in total. The molecule has 6 saturated heterocycles. The number of carbonyl (C=O) groups excluding carboxylic acids is 3. The number of amides is 3. The summed E-state index contributed by atoms with van der Waals surface area (Å²) in [5.41, 5.74) is 16.2. The molecule has 6 aromatic heterocycles. The van der Waals surface area contributed by atoms with Crippen LogP contribution in [0.15, 0.2) is 55.0 Å². The molecular formula is C64H88N20O6. The third-order valence-corrected chi connectivity index (χ3v) is 16.6. The highest BCUT2D eigenvalue weighted by molar-refractivity contribution is 5.94. The summed E-state index contributed by atoms with van der Waals surface area (Å²) in [4.78, 5) is 91.2. The Morgan fingerprint density at radius 2 is 0.744 bits per heavy atom. The molecule has 0 aliphatic carbocycles. The quantitative estimate of drug-likeness (QED) is 0.0815. The number of hydrogen-bond acceptors (Lipinski definition) is 23. The molecule has 90 heavy (non-hydrogen) atoms. The van der Waals surface area contributed by atoms with Gasteiger partial charge >= 0.3 is 0 Å². The SMILES string of the molecule is Cc1cc(NC(=O)CN)ncc1-c1nc(N2CCCCC2)cc(N2CCOCC2)n1.Cc1cc(NC(=O)[C@@H](C)N)ncc1-c1nc(N2CCCCC2)cc(N2CCOCC2)n1.[2H]C([2H])([2H])C(=O)Nc1cc(C)c(-c2nc(N3CCCCC3)cc(N3CCOCC3)n2)cn1. The molecule has 6 fully saturated rings. The number of rotatable bonds is 14. The van der Waals surface area contributed by atoms with Gasteiger partial charge in [0, 0.05) is 143 Å². The zero-order valence-corrected chi connectivity index (χ0v) is 52.4. The van der Waals surface area contributed by atoms with Crippen LogP contribution in [0.5, 0.6) is 0 Å². The predicted molar refractivity (Wildman–Crippen MR) is 352 cm³/mol. The third-order valence-electron chi connectivity index (χ3n) is 16.6. The Morgan fingerprint density at radius 3 is 1.02 bits per heavy atom. The van der Waals surface area contributed by atoms with Crippen molar-refractivity contribution in [3.63, 3.8) is 0 Å². The molecule has 6 aromatic rings. The molecule has 12 heterocycles. The summed E-state index contributed by atoms with van der Waals surface area (Å²) in [6.07, 6.45) is 15.8. The van der Waals surface area contributed by atoms with E-state index in [1.165, 1.54) is 44.9 Å². The predicted octanol–water partition coefficient (Wildman–Crippen LogP) is 6.16. The van der Waals surface area contributed by atoms with E-state index in [4.69, 9.17) is 59.7 Å². The Hall–Kier alpha value is -8.30. The molecule has 0 aromatic carbocycles. The van der Waals surface area contributed by atoms with E-state index in [1.54, 1.807) is 31.6 Å². The average Bonchev–Trinajstić information content (AvgIpc) is 1.16. The number of piperidine rings is 3. The van der Waals surface area contributed by atoms with Gasteiger partial charge in [0.15, 0.2) is 17.5 Å². The topological polar surface area (TPSA) is 302 Å². The number of morpholine rings is 3. The Morgan fingerprint density at radius 1 is 0.456 bits per heavy atom. The summed E-state index contributed by atoms with van der Waals surface area (Å²) in [5.74, 6) is 6.93. The van der Waals surface area contributed by atoms with Crippen molar-refractivity contribution in [2.75, 3.05) is 170 Å². The first-order valence-corrected chi connectivity index (χ1v) is 31.7. The molecule has 12 rings (SSSR count). The summed E-state index contributed by atoms with van der Waals surface area (Å²) in [6, 6.07) is 11.0. The van der Waals surface area contributed by atoms with Crippen molar-refractivity contribution in [2.24, 2.45) is 11.5 Å². The number of aromatic nitrogens is 9. The fraction of sp³-hybridized carbons (Fsp3) is 0.531. The van der Waals surface area contributed by atoms with Gasteiger partial charge in [-0.15, -0.1) is 0 Å². The number of nitrogens with two attached hydrogens (primary N) is 2. The van der Waals surface area contributed by atoms with E-state index in [2.05, 4.69) is 72.4 Å². The summed E-state index contributed by atoms with van der Waals surface area (Å²) in [6.45, 7) is 19.6. The van der Waals surface area contributed by atoms with Crippen molar-refractivity contribution < 1.29 is 32.7 Å². The molecule has 26 heteroatoms. The lowest BCUT2D eigenvalue weighted by Crippen LogP contribution is -2.37. The number of aryl methyl sites for hydroxylation is 3. The van der Waals surface area contributed by atoms with Crippen molar-refractivity contribution in [2.45, 2.75) is 98.4 Å². The van der Waals surface area contributed by atoms with Crippen LogP contribution in [0.25, 0.3) is 34.2 Å². The maximum atomic E-state index is 11.9. The van der Waals surface area contributed by atoms with E-state index >= 15 is 0 Å². The van der Waals surface area contributed by atoms with Crippen LogP contribution in [0.2, 0.25) is 0 Å². The number of anilines is 9. The Balaban J connectivity index is 0.000000153. The molecule has 6 aliphatic heterocycles. The minimum Gasteiger partial charge on any atom is -0.378 e. The fourth-order valence-electron chi connectivity index (χ4n) is 11.5. The number of ether oxygens (including phenoxy) is 3. The lowest BCUT2D eigenvalue weighted by Gasteiger charge is -2.31. The van der Waals surface area contributed by atoms with Crippen LogP contribution in [0, 0.1) is 20.8 Å². The van der Waals surface area contributed by atoms with Gasteiger partial charge in [-0.25, -0.2) is 44.9 Å². The van der Waals surface area contributed by atoms with Crippen LogP contribution in [0.4, 0.5) is 52.4 Å². The molecule has 7 N–H and O–H groups in total. The Bertz CT molecular complexity index is 3400. The van der Waals surface area contributed by atoms with Crippen LogP contribution in [-0.2, 0) is 28.6 Å². The number of nitrogens with one attached hydrogen (secondary N) is 3. The first-order chi connectivity index (χ1) is 45.0. The van der Waals surface area contributed by atoms with E-state index in [0.29, 0.717) is 68.8 Å². The highest BCUT2D eigenvalue weighted by atomic mass is 16.5. The second-order valence-corrected chi connectivity index (χ2v) is 23.3. The summed E-state index contributed by atoms with van der Waals surface area (Å²) >= 11 is 0. The van der Waals surface area contributed by atoms with Crippen molar-refractivity contribution in [1.82, 2.24) is 44.9 Å². The summed E-state index contributed by atoms with van der Waals surface area (Å²) in [7, 11) is 0. The summed E-state index contributed by atoms with van der Waals surface area (Å²) < 4.78 is 38.2. The molecule has 0 spiro atoms. The zero-order valence-electron chi connectivity index (χ0n) is 55.4. The maximum absolute atomic E-state index is 11.9. The van der Waals surface area contributed by atoms with Crippen LogP contribution >= 0.6 is 0 Å². The molecule has 0 unspecified atom stereocenters. The fourth-order valence-corrected chi connectivity index (χ4v) is 11.5. The van der Waals surface area contributed by atoms with Gasteiger partial charge in [0.1, 0.15) is 52.4 Å². The Kier molecular flexibility index (Phi) is 21.2. The van der Waals surface area contributed by atoms with Gasteiger partial charge in [-0.2, -0.15) is 0 Å². The number of hydrogen-bond donors (Lipinski definition) is 5. The molecule has 480 valence electrons. The molecule has 0 saturated carbocycles. The minimum absolute atomic E-state index is 0.0770. The highest BCUT2D eigenvalue weighted by Gasteiger charge is 2.25. The van der Waals surface area contributed by atoms with Gasteiger partial charge in [-0.05, 0) is 120 Å². The van der Waals surface area contributed by atoms with E-state index in [1.807, 2.05) is 39.0 Å². The second-order valence-electron chi connectivity index (χ2n) is 23.3. The average molecular weight is 1240 g/mol. The standard InChI is InChI=1S/C22H31N7O2.C21H29N7O2.C21H28N6O2/c1-15-12-18(25-22(30)16(2)23)24-14-17(15)21-26-19(28-6-4-3-5-7-28)13-20(27-21)29-8-10-31-11-9-29;1-15-11-17(24-20(29)13-22)23-14-16(15)21-25-18(27-5-3-2-4-6-27)12-19(26-21)28-7-9-30-10-8-28;1-15-12-18(23-16(2)28)22-14-17(15)21-24-19(26-6-4-3-5-7-26)13-20(25-21)27-8-10-29-11-9-27/h12-14,16H,3-11,23H2,1-2H3,(H,24,25,30);11-12,14H,2-10,13,22H2,1H3,(H,23,24,29);12-14H,3-11H2,1-2H3,(H,22,23,28)/t16-;;/m1../s1/i;;2D3. The van der Waals surface area contributed by atoms with Crippen molar-refractivity contribution in [3.8, 4) is 34.2 Å². The zero-order chi connectivity index (χ0) is 65.4. The van der Waals surface area contributed by atoms with Gasteiger partial charge in [0.2, 0.25) is 17.7 Å². The Labute approximate surface area is 531 Å². The van der Waals surface area contributed by atoms with E-state index in [-0.39, 0.29) is 24.2 Å². The lowest BCUT2D eigenvalue weighted by molar-refractivity contribution is -0.117. The van der Waals surface area contributed by atoms with Gasteiger partial charge in [0.05, 0.1) is 52.2 Å². The maximum Gasteiger partial charge on any atom is 0.242 e.